The molecule has 1 fully saturated rings. The van der Waals surface area contributed by atoms with Crippen LogP contribution in [0.4, 0.5) is 4.39 Å². The molecule has 25 heavy (non-hydrogen) atoms. The van der Waals surface area contributed by atoms with Crippen molar-refractivity contribution in [2.24, 2.45) is 0 Å². The van der Waals surface area contributed by atoms with E-state index in [4.69, 9.17) is 9.26 Å². The summed E-state index contributed by atoms with van der Waals surface area (Å²) in [6, 6.07) is 5.67. The first-order valence-corrected chi connectivity index (χ1v) is 8.60. The smallest absolute Gasteiger partial charge is 0.263 e. The van der Waals surface area contributed by atoms with Gasteiger partial charge in [-0.1, -0.05) is 12.1 Å². The van der Waals surface area contributed by atoms with Gasteiger partial charge in [0, 0.05) is 25.4 Å². The van der Waals surface area contributed by atoms with E-state index < -0.39 is 6.10 Å². The van der Waals surface area contributed by atoms with E-state index in [0.29, 0.717) is 24.7 Å². The normalized spacial score (nSPS) is 16.7. The third kappa shape index (κ3) is 4.15. The molecular weight excluding hydrogens is 325 g/mol. The number of carbonyl (C=O) groups excluding carboxylic acids is 1. The van der Waals surface area contributed by atoms with Gasteiger partial charge in [-0.3, -0.25) is 4.79 Å². The van der Waals surface area contributed by atoms with Crippen LogP contribution < -0.4 is 4.74 Å². The van der Waals surface area contributed by atoms with E-state index in [0.717, 1.165) is 25.1 Å². The summed E-state index contributed by atoms with van der Waals surface area (Å²) in [6.07, 6.45) is 1.72. The van der Waals surface area contributed by atoms with E-state index in [1.165, 1.54) is 24.3 Å². The quantitative estimate of drug-likeness (QED) is 0.832. The number of aryl methyl sites for hydroxylation is 1. The van der Waals surface area contributed by atoms with E-state index in [-0.39, 0.29) is 17.6 Å². The minimum absolute atomic E-state index is 0.0671. The lowest BCUT2D eigenvalue weighted by Gasteiger charge is -2.32. The number of rotatable bonds is 5. The van der Waals surface area contributed by atoms with E-state index in [1.54, 1.807) is 11.8 Å². The summed E-state index contributed by atoms with van der Waals surface area (Å²) < 4.78 is 23.8. The average molecular weight is 347 g/mol. The van der Waals surface area contributed by atoms with Crippen LogP contribution in [0.3, 0.4) is 0 Å². The fourth-order valence-electron chi connectivity index (χ4n) is 2.95. The molecule has 0 bridgehead atoms. The highest BCUT2D eigenvalue weighted by atomic mass is 19.1. The van der Waals surface area contributed by atoms with Gasteiger partial charge in [-0.05, 0) is 44.0 Å². The van der Waals surface area contributed by atoms with Crippen molar-refractivity contribution in [1.82, 2.24) is 15.0 Å². The van der Waals surface area contributed by atoms with E-state index in [9.17, 15) is 9.18 Å². The van der Waals surface area contributed by atoms with Gasteiger partial charge in [-0.2, -0.15) is 4.98 Å². The maximum Gasteiger partial charge on any atom is 0.263 e. The summed E-state index contributed by atoms with van der Waals surface area (Å²) in [4.78, 5) is 18.7. The lowest BCUT2D eigenvalue weighted by molar-refractivity contribution is -0.139. The molecule has 0 spiro atoms. The van der Waals surface area contributed by atoms with Crippen molar-refractivity contribution in [3.8, 4) is 5.75 Å². The summed E-state index contributed by atoms with van der Waals surface area (Å²) in [5.74, 6) is 1.66. The van der Waals surface area contributed by atoms with Crippen LogP contribution in [0.1, 0.15) is 44.3 Å². The highest BCUT2D eigenvalue weighted by Crippen LogP contribution is 2.27. The van der Waals surface area contributed by atoms with Gasteiger partial charge in [0.05, 0.1) is 0 Å². The predicted molar refractivity (Wildman–Crippen MR) is 88.7 cm³/mol. The molecule has 6 nitrogen and oxygen atoms in total. The summed E-state index contributed by atoms with van der Waals surface area (Å²) >= 11 is 0. The maximum atomic E-state index is 12.9. The Morgan fingerprint density at radius 2 is 2.04 bits per heavy atom. The lowest BCUT2D eigenvalue weighted by Crippen LogP contribution is -2.44. The molecule has 0 N–H and O–H groups in total. The molecule has 2 aromatic rings. The fourth-order valence-corrected chi connectivity index (χ4v) is 2.95. The molecule has 7 heteroatoms. The number of piperidine rings is 1. The van der Waals surface area contributed by atoms with E-state index >= 15 is 0 Å². The Hall–Kier alpha value is -2.44. The Morgan fingerprint density at radius 3 is 2.64 bits per heavy atom. The number of hydrogen-bond donors (Lipinski definition) is 0. The first-order chi connectivity index (χ1) is 12.1. The Labute approximate surface area is 146 Å². The van der Waals surface area contributed by atoms with Crippen LogP contribution in [0.25, 0.3) is 0 Å². The zero-order chi connectivity index (χ0) is 17.8. The number of carbonyl (C=O) groups is 1. The van der Waals surface area contributed by atoms with Crippen molar-refractivity contribution in [1.29, 1.82) is 0 Å². The Bertz CT molecular complexity index is 709. The van der Waals surface area contributed by atoms with Gasteiger partial charge in [-0.25, -0.2) is 4.39 Å². The molecule has 1 aliphatic rings. The van der Waals surface area contributed by atoms with Crippen molar-refractivity contribution < 1.29 is 18.4 Å². The predicted octanol–water partition coefficient (Wildman–Crippen LogP) is 2.94. The lowest BCUT2D eigenvalue weighted by atomic mass is 9.96. The van der Waals surface area contributed by atoms with Gasteiger partial charge in [0.15, 0.2) is 11.9 Å². The molecule has 0 radical (unpaired) electrons. The Kier molecular flexibility index (Phi) is 5.31. The zero-order valence-electron chi connectivity index (χ0n) is 14.4. The summed E-state index contributed by atoms with van der Waals surface area (Å²) in [5, 5.41) is 3.93. The topological polar surface area (TPSA) is 68.5 Å². The van der Waals surface area contributed by atoms with Crippen LogP contribution in [-0.2, 0) is 11.2 Å². The average Bonchev–Trinajstić information content (AvgIpc) is 3.12. The first kappa shape index (κ1) is 17.4. The molecule has 3 rings (SSSR count). The summed E-state index contributed by atoms with van der Waals surface area (Å²) in [6.45, 7) is 4.95. The van der Waals surface area contributed by atoms with Crippen LogP contribution in [0.2, 0.25) is 0 Å². The van der Waals surface area contributed by atoms with Gasteiger partial charge in [0.25, 0.3) is 5.91 Å². The minimum Gasteiger partial charge on any atom is -0.481 e. The van der Waals surface area contributed by atoms with Crippen LogP contribution in [0.15, 0.2) is 28.8 Å². The maximum absolute atomic E-state index is 12.9. The van der Waals surface area contributed by atoms with Crippen molar-refractivity contribution in [3.63, 3.8) is 0 Å². The molecule has 1 atom stereocenters. The second-order valence-corrected chi connectivity index (χ2v) is 6.22. The first-order valence-electron chi connectivity index (χ1n) is 8.60. The van der Waals surface area contributed by atoms with Crippen LogP contribution in [0, 0.1) is 5.82 Å². The molecule has 2 heterocycles. The molecule has 134 valence electrons. The van der Waals surface area contributed by atoms with Gasteiger partial charge in [0.2, 0.25) is 5.89 Å². The fraction of sp³-hybridized carbons (Fsp3) is 0.500. The van der Waals surface area contributed by atoms with Crippen LogP contribution in [0.5, 0.6) is 5.75 Å². The third-order valence-corrected chi connectivity index (χ3v) is 4.43. The Balaban J connectivity index is 1.52. The van der Waals surface area contributed by atoms with Gasteiger partial charge in [-0.15, -0.1) is 0 Å². The molecule has 1 aliphatic heterocycles. The van der Waals surface area contributed by atoms with Crippen molar-refractivity contribution in [2.45, 2.75) is 45.1 Å². The van der Waals surface area contributed by atoms with Crippen LogP contribution >= 0.6 is 0 Å². The van der Waals surface area contributed by atoms with Gasteiger partial charge < -0.3 is 14.2 Å². The molecule has 0 aliphatic carbocycles. The number of likely N-dealkylation sites (tertiary alicyclic amines) is 1. The SMILES string of the molecule is CCc1noc(C2CCN(C(=O)[C@@H](C)Oc3ccc(F)cc3)CC2)n1. The number of nitrogens with zero attached hydrogens (tertiary/aromatic N) is 3. The Morgan fingerprint density at radius 1 is 1.36 bits per heavy atom. The number of benzene rings is 1. The van der Waals surface area contributed by atoms with E-state index in [2.05, 4.69) is 10.1 Å². The summed E-state index contributed by atoms with van der Waals surface area (Å²) in [5.41, 5.74) is 0. The van der Waals surface area contributed by atoms with Crippen LogP contribution in [-0.4, -0.2) is 40.1 Å². The monoisotopic (exact) mass is 347 g/mol. The highest BCUT2D eigenvalue weighted by molar-refractivity contribution is 5.81. The van der Waals surface area contributed by atoms with Crippen molar-refractivity contribution in [3.05, 3.63) is 41.8 Å². The van der Waals surface area contributed by atoms with E-state index in [1.807, 2.05) is 6.92 Å². The number of aromatic nitrogens is 2. The van der Waals surface area contributed by atoms with Gasteiger partial charge >= 0.3 is 0 Å². The van der Waals surface area contributed by atoms with Gasteiger partial charge in [0.1, 0.15) is 11.6 Å². The second-order valence-electron chi connectivity index (χ2n) is 6.22. The number of ether oxygens (including phenoxy) is 1. The molecule has 1 saturated heterocycles. The molecule has 1 aromatic heterocycles. The number of halogens is 1. The number of amides is 1. The third-order valence-electron chi connectivity index (χ3n) is 4.43. The number of hydrogen-bond acceptors (Lipinski definition) is 5. The summed E-state index contributed by atoms with van der Waals surface area (Å²) in [7, 11) is 0. The largest absolute Gasteiger partial charge is 0.481 e. The molecule has 0 unspecified atom stereocenters. The molecule has 1 amide bonds. The highest BCUT2D eigenvalue weighted by Gasteiger charge is 2.30. The molecular formula is C18H22FN3O3. The zero-order valence-corrected chi connectivity index (χ0v) is 14.4. The van der Waals surface area contributed by atoms with Crippen molar-refractivity contribution in [2.75, 3.05) is 13.1 Å². The second kappa shape index (κ2) is 7.63. The molecule has 0 saturated carbocycles. The minimum atomic E-state index is -0.614. The molecule has 1 aromatic carbocycles. The van der Waals surface area contributed by atoms with Crippen molar-refractivity contribution >= 4 is 5.91 Å². The standard InChI is InChI=1S/C18H22FN3O3/c1-3-16-20-17(25-21-16)13-8-10-22(11-9-13)18(23)12(2)24-15-6-4-14(19)5-7-15/h4-7,12-13H,3,8-11H2,1-2H3/t12-/m1/s1.